The summed E-state index contributed by atoms with van der Waals surface area (Å²) in [5.74, 6) is 2.11. The van der Waals surface area contributed by atoms with Crippen LogP contribution in [0.25, 0.3) is 22.2 Å². The Morgan fingerprint density at radius 1 is 1.00 bits per heavy atom. The Morgan fingerprint density at radius 2 is 1.80 bits per heavy atom. The van der Waals surface area contributed by atoms with E-state index in [4.69, 9.17) is 9.72 Å². The van der Waals surface area contributed by atoms with E-state index in [0.29, 0.717) is 11.8 Å². The minimum atomic E-state index is 0.545. The van der Waals surface area contributed by atoms with Gasteiger partial charge in [-0.3, -0.25) is 4.98 Å². The zero-order chi connectivity index (χ0) is 17.8. The van der Waals surface area contributed by atoms with Crippen LogP contribution < -0.4 is 4.74 Å². The second-order valence-electron chi connectivity index (χ2n) is 7.20. The fourth-order valence-electron chi connectivity index (χ4n) is 3.27. The van der Waals surface area contributed by atoms with Gasteiger partial charge in [-0.05, 0) is 49.4 Å². The molecular formula is C22H26N2O. The Hall–Kier alpha value is -2.42. The molecule has 0 aliphatic rings. The number of ether oxygens (including phenoxy) is 1. The molecule has 130 valence electrons. The largest absolute Gasteiger partial charge is 0.491 e. The first kappa shape index (κ1) is 17.4. The number of para-hydroxylation sites is 1. The van der Waals surface area contributed by atoms with E-state index in [1.165, 1.54) is 6.42 Å². The van der Waals surface area contributed by atoms with E-state index in [0.717, 1.165) is 40.2 Å². The van der Waals surface area contributed by atoms with Crippen LogP contribution in [-0.4, -0.2) is 16.6 Å². The standard InChI is InChI=1S/C22H26N2O/c1-15(2)13-16(3)14-25-22-10-9-21(24-17(22)4)19-11-12-23-20-8-6-5-7-18(19)20/h5-12,15-16H,13-14H2,1-4H3. The van der Waals surface area contributed by atoms with Crippen LogP contribution in [0.5, 0.6) is 5.75 Å². The van der Waals surface area contributed by atoms with Crippen molar-refractivity contribution in [3.05, 3.63) is 54.4 Å². The highest BCUT2D eigenvalue weighted by molar-refractivity contribution is 5.93. The molecule has 1 unspecified atom stereocenters. The van der Waals surface area contributed by atoms with Crippen molar-refractivity contribution < 1.29 is 4.74 Å². The molecule has 0 N–H and O–H groups in total. The molecule has 0 spiro atoms. The van der Waals surface area contributed by atoms with Crippen LogP contribution in [-0.2, 0) is 0 Å². The molecule has 2 aromatic heterocycles. The van der Waals surface area contributed by atoms with Gasteiger partial charge in [0.25, 0.3) is 0 Å². The molecule has 0 saturated heterocycles. The van der Waals surface area contributed by atoms with Crippen molar-refractivity contribution in [2.75, 3.05) is 6.61 Å². The quantitative estimate of drug-likeness (QED) is 0.583. The average molecular weight is 334 g/mol. The smallest absolute Gasteiger partial charge is 0.140 e. The summed E-state index contributed by atoms with van der Waals surface area (Å²) in [4.78, 5) is 9.21. The molecule has 0 saturated carbocycles. The molecule has 0 aliphatic heterocycles. The summed E-state index contributed by atoms with van der Waals surface area (Å²) < 4.78 is 6.00. The fourth-order valence-corrected chi connectivity index (χ4v) is 3.27. The molecule has 0 bridgehead atoms. The Balaban J connectivity index is 1.82. The Bertz CT molecular complexity index is 852. The first-order chi connectivity index (χ1) is 12.0. The molecule has 1 atom stereocenters. The van der Waals surface area contributed by atoms with Crippen LogP contribution in [0.15, 0.2) is 48.7 Å². The number of benzene rings is 1. The molecule has 0 amide bonds. The number of fused-ring (bicyclic) bond motifs is 1. The van der Waals surface area contributed by atoms with E-state index in [1.807, 2.05) is 49.5 Å². The van der Waals surface area contributed by atoms with Crippen molar-refractivity contribution in [2.24, 2.45) is 11.8 Å². The molecule has 3 nitrogen and oxygen atoms in total. The number of rotatable bonds is 6. The normalized spacial score (nSPS) is 12.5. The molecule has 2 heterocycles. The first-order valence-electron chi connectivity index (χ1n) is 8.99. The zero-order valence-electron chi connectivity index (χ0n) is 15.5. The minimum absolute atomic E-state index is 0.545. The average Bonchev–Trinajstić information content (AvgIpc) is 2.59. The monoisotopic (exact) mass is 334 g/mol. The van der Waals surface area contributed by atoms with Gasteiger partial charge in [0.05, 0.1) is 23.5 Å². The van der Waals surface area contributed by atoms with Gasteiger partial charge in [-0.1, -0.05) is 39.0 Å². The molecule has 3 heteroatoms. The number of hydrogen-bond donors (Lipinski definition) is 0. The first-order valence-corrected chi connectivity index (χ1v) is 8.99. The van der Waals surface area contributed by atoms with Gasteiger partial charge in [0.1, 0.15) is 5.75 Å². The van der Waals surface area contributed by atoms with E-state index in [9.17, 15) is 0 Å². The van der Waals surface area contributed by atoms with Crippen molar-refractivity contribution in [3.63, 3.8) is 0 Å². The number of aryl methyl sites for hydroxylation is 1. The highest BCUT2D eigenvalue weighted by Gasteiger charge is 2.10. The van der Waals surface area contributed by atoms with Gasteiger partial charge in [-0.2, -0.15) is 0 Å². The number of aromatic nitrogens is 2. The number of hydrogen-bond acceptors (Lipinski definition) is 3. The van der Waals surface area contributed by atoms with E-state index >= 15 is 0 Å². The van der Waals surface area contributed by atoms with Crippen LogP contribution in [0, 0.1) is 18.8 Å². The Morgan fingerprint density at radius 3 is 2.56 bits per heavy atom. The van der Waals surface area contributed by atoms with Crippen molar-refractivity contribution in [3.8, 4) is 17.0 Å². The lowest BCUT2D eigenvalue weighted by Gasteiger charge is -2.16. The lowest BCUT2D eigenvalue weighted by molar-refractivity contribution is 0.237. The SMILES string of the molecule is Cc1nc(-c2ccnc3ccccc23)ccc1OCC(C)CC(C)C. The third kappa shape index (κ3) is 4.16. The van der Waals surface area contributed by atoms with Gasteiger partial charge in [-0.15, -0.1) is 0 Å². The Kier molecular flexibility index (Phi) is 5.32. The lowest BCUT2D eigenvalue weighted by Crippen LogP contribution is -2.11. The fraction of sp³-hybridized carbons (Fsp3) is 0.364. The third-order valence-corrected chi connectivity index (χ3v) is 4.36. The highest BCUT2D eigenvalue weighted by atomic mass is 16.5. The van der Waals surface area contributed by atoms with Gasteiger partial charge in [0.15, 0.2) is 0 Å². The third-order valence-electron chi connectivity index (χ3n) is 4.36. The second-order valence-corrected chi connectivity index (χ2v) is 7.20. The van der Waals surface area contributed by atoms with Gasteiger partial charge >= 0.3 is 0 Å². The molecule has 25 heavy (non-hydrogen) atoms. The summed E-state index contributed by atoms with van der Waals surface area (Å²) in [6, 6.07) is 14.3. The number of pyridine rings is 2. The molecule has 0 radical (unpaired) electrons. The van der Waals surface area contributed by atoms with E-state index in [1.54, 1.807) is 0 Å². The summed E-state index contributed by atoms with van der Waals surface area (Å²) >= 11 is 0. The number of nitrogens with zero attached hydrogens (tertiary/aromatic N) is 2. The van der Waals surface area contributed by atoms with Crippen LogP contribution in [0.1, 0.15) is 32.9 Å². The van der Waals surface area contributed by atoms with Gasteiger partial charge in [0.2, 0.25) is 0 Å². The molecule has 3 aromatic rings. The molecule has 1 aromatic carbocycles. The lowest BCUT2D eigenvalue weighted by atomic mass is 10.00. The molecule has 0 aliphatic carbocycles. The molecule has 3 rings (SSSR count). The van der Waals surface area contributed by atoms with Crippen LogP contribution >= 0.6 is 0 Å². The van der Waals surface area contributed by atoms with Crippen molar-refractivity contribution in [1.82, 2.24) is 9.97 Å². The summed E-state index contributed by atoms with van der Waals surface area (Å²) in [6.45, 7) is 9.47. The minimum Gasteiger partial charge on any atom is -0.491 e. The van der Waals surface area contributed by atoms with Gasteiger partial charge in [-0.25, -0.2) is 4.98 Å². The van der Waals surface area contributed by atoms with Crippen molar-refractivity contribution in [1.29, 1.82) is 0 Å². The highest BCUT2D eigenvalue weighted by Crippen LogP contribution is 2.28. The predicted molar refractivity (Wildman–Crippen MR) is 104 cm³/mol. The molecular weight excluding hydrogens is 308 g/mol. The van der Waals surface area contributed by atoms with E-state index in [2.05, 4.69) is 31.8 Å². The maximum Gasteiger partial charge on any atom is 0.140 e. The van der Waals surface area contributed by atoms with Gasteiger partial charge < -0.3 is 4.74 Å². The second kappa shape index (κ2) is 7.64. The van der Waals surface area contributed by atoms with Crippen LogP contribution in [0.4, 0.5) is 0 Å². The van der Waals surface area contributed by atoms with Crippen molar-refractivity contribution in [2.45, 2.75) is 34.1 Å². The Labute approximate surface area is 150 Å². The maximum atomic E-state index is 6.00. The summed E-state index contributed by atoms with van der Waals surface area (Å²) in [5, 5.41) is 1.12. The van der Waals surface area contributed by atoms with E-state index in [-0.39, 0.29) is 0 Å². The van der Waals surface area contributed by atoms with E-state index < -0.39 is 0 Å². The predicted octanol–water partition coefficient (Wildman–Crippen LogP) is 5.67. The van der Waals surface area contributed by atoms with Crippen LogP contribution in [0.2, 0.25) is 0 Å². The molecule has 0 fully saturated rings. The summed E-state index contributed by atoms with van der Waals surface area (Å²) in [6.07, 6.45) is 3.01. The van der Waals surface area contributed by atoms with Gasteiger partial charge in [0, 0.05) is 17.1 Å². The zero-order valence-corrected chi connectivity index (χ0v) is 15.5. The maximum absolute atomic E-state index is 6.00. The summed E-state index contributed by atoms with van der Waals surface area (Å²) in [5.41, 5.74) is 3.98. The topological polar surface area (TPSA) is 35.0 Å². The van der Waals surface area contributed by atoms with Crippen molar-refractivity contribution >= 4 is 10.9 Å². The van der Waals surface area contributed by atoms with Crippen LogP contribution in [0.3, 0.4) is 0 Å². The summed E-state index contributed by atoms with van der Waals surface area (Å²) in [7, 11) is 0.